The molecular formula is C10H9N3. The number of anilines is 1. The van der Waals surface area contributed by atoms with Crippen molar-refractivity contribution in [1.82, 2.24) is 9.97 Å². The number of aromatic nitrogens is 2. The maximum absolute atomic E-state index is 5.57. The molecule has 0 aliphatic carbocycles. The molecule has 0 spiro atoms. The van der Waals surface area contributed by atoms with Gasteiger partial charge in [-0.2, -0.15) is 0 Å². The van der Waals surface area contributed by atoms with Gasteiger partial charge < -0.3 is 5.73 Å². The first kappa shape index (κ1) is 7.73. The predicted molar refractivity (Wildman–Crippen MR) is 51.9 cm³/mol. The molecule has 64 valence electrons. The van der Waals surface area contributed by atoms with Crippen LogP contribution < -0.4 is 5.73 Å². The summed E-state index contributed by atoms with van der Waals surface area (Å²) in [5, 5.41) is 0. The second kappa shape index (κ2) is 3.23. The van der Waals surface area contributed by atoms with Crippen LogP contribution in [-0.4, -0.2) is 9.97 Å². The Balaban J connectivity index is 2.42. The van der Waals surface area contributed by atoms with Crippen LogP contribution in [0.1, 0.15) is 0 Å². The minimum atomic E-state index is 0.764. The fourth-order valence-electron chi connectivity index (χ4n) is 1.12. The van der Waals surface area contributed by atoms with Crippen LogP contribution in [0.5, 0.6) is 0 Å². The van der Waals surface area contributed by atoms with Gasteiger partial charge in [-0.1, -0.05) is 12.1 Å². The van der Waals surface area contributed by atoms with Crippen molar-refractivity contribution < 1.29 is 0 Å². The number of nitrogen functional groups attached to an aromatic ring is 1. The largest absolute Gasteiger partial charge is 0.399 e. The Kier molecular flexibility index (Phi) is 1.92. The van der Waals surface area contributed by atoms with E-state index in [4.69, 9.17) is 5.73 Å². The molecule has 2 aromatic rings. The van der Waals surface area contributed by atoms with E-state index in [9.17, 15) is 0 Å². The molecule has 2 rings (SSSR count). The molecule has 0 aliphatic rings. The van der Waals surface area contributed by atoms with Crippen molar-refractivity contribution in [2.24, 2.45) is 0 Å². The topological polar surface area (TPSA) is 51.8 Å². The number of nitrogens with zero attached hydrogens (tertiary/aromatic N) is 2. The fourth-order valence-corrected chi connectivity index (χ4v) is 1.12. The molecule has 0 fully saturated rings. The number of hydrogen-bond acceptors (Lipinski definition) is 3. The molecule has 0 aliphatic heterocycles. The second-order valence-electron chi connectivity index (χ2n) is 2.75. The van der Waals surface area contributed by atoms with Crippen LogP contribution in [0, 0.1) is 0 Å². The van der Waals surface area contributed by atoms with Gasteiger partial charge in [-0.05, 0) is 17.7 Å². The maximum Gasteiger partial charge on any atom is 0.115 e. The monoisotopic (exact) mass is 171 g/mol. The van der Waals surface area contributed by atoms with E-state index in [-0.39, 0.29) is 0 Å². The van der Waals surface area contributed by atoms with Crippen molar-refractivity contribution in [3.63, 3.8) is 0 Å². The summed E-state index contributed by atoms with van der Waals surface area (Å²) in [6.45, 7) is 0. The number of benzene rings is 1. The van der Waals surface area contributed by atoms with E-state index in [0.29, 0.717) is 0 Å². The van der Waals surface area contributed by atoms with Crippen LogP contribution in [0.15, 0.2) is 43.0 Å². The molecule has 1 aromatic carbocycles. The molecule has 0 bridgehead atoms. The van der Waals surface area contributed by atoms with Gasteiger partial charge in [-0.3, -0.25) is 0 Å². The minimum Gasteiger partial charge on any atom is -0.399 e. The lowest BCUT2D eigenvalue weighted by atomic mass is 10.1. The Bertz CT molecular complexity index is 381. The van der Waals surface area contributed by atoms with Crippen molar-refractivity contribution in [3.05, 3.63) is 43.0 Å². The van der Waals surface area contributed by atoms with Gasteiger partial charge in [0.15, 0.2) is 0 Å². The SMILES string of the molecule is Nc1ccc(-c2cncnc2)cc1. The van der Waals surface area contributed by atoms with Crippen LogP contribution in [0.3, 0.4) is 0 Å². The molecule has 0 saturated carbocycles. The molecule has 0 radical (unpaired) electrons. The van der Waals surface area contributed by atoms with Crippen molar-refractivity contribution in [2.45, 2.75) is 0 Å². The predicted octanol–water partition coefficient (Wildman–Crippen LogP) is 1.73. The zero-order valence-electron chi connectivity index (χ0n) is 7.01. The van der Waals surface area contributed by atoms with Crippen LogP contribution in [0.4, 0.5) is 5.69 Å². The maximum atomic E-state index is 5.57. The lowest BCUT2D eigenvalue weighted by Gasteiger charge is -1.99. The van der Waals surface area contributed by atoms with E-state index < -0.39 is 0 Å². The summed E-state index contributed by atoms with van der Waals surface area (Å²) in [5.74, 6) is 0. The summed E-state index contributed by atoms with van der Waals surface area (Å²) in [4.78, 5) is 7.88. The molecular weight excluding hydrogens is 162 g/mol. The molecule has 2 N–H and O–H groups in total. The number of rotatable bonds is 1. The number of nitrogens with two attached hydrogens (primary N) is 1. The third kappa shape index (κ3) is 1.64. The summed E-state index contributed by atoms with van der Waals surface area (Å²) < 4.78 is 0. The van der Waals surface area contributed by atoms with E-state index in [2.05, 4.69) is 9.97 Å². The van der Waals surface area contributed by atoms with E-state index in [0.717, 1.165) is 16.8 Å². The summed E-state index contributed by atoms with van der Waals surface area (Å²) in [5.41, 5.74) is 8.42. The third-order valence-corrected chi connectivity index (χ3v) is 1.80. The zero-order valence-corrected chi connectivity index (χ0v) is 7.01. The van der Waals surface area contributed by atoms with E-state index >= 15 is 0 Å². The van der Waals surface area contributed by atoms with Crippen molar-refractivity contribution in [3.8, 4) is 11.1 Å². The number of hydrogen-bond donors (Lipinski definition) is 1. The molecule has 3 nitrogen and oxygen atoms in total. The molecule has 13 heavy (non-hydrogen) atoms. The summed E-state index contributed by atoms with van der Waals surface area (Å²) in [6.07, 6.45) is 5.07. The highest BCUT2D eigenvalue weighted by Crippen LogP contribution is 2.17. The van der Waals surface area contributed by atoms with Crippen LogP contribution in [0.25, 0.3) is 11.1 Å². The van der Waals surface area contributed by atoms with Gasteiger partial charge in [0, 0.05) is 23.6 Å². The Hall–Kier alpha value is -1.90. The van der Waals surface area contributed by atoms with Crippen LogP contribution >= 0.6 is 0 Å². The van der Waals surface area contributed by atoms with Gasteiger partial charge in [0.2, 0.25) is 0 Å². The van der Waals surface area contributed by atoms with Gasteiger partial charge in [0.05, 0.1) is 0 Å². The highest BCUT2D eigenvalue weighted by molar-refractivity contribution is 5.63. The van der Waals surface area contributed by atoms with Crippen molar-refractivity contribution in [2.75, 3.05) is 5.73 Å². The average Bonchev–Trinajstić information content (AvgIpc) is 2.20. The van der Waals surface area contributed by atoms with Crippen LogP contribution in [0.2, 0.25) is 0 Å². The first-order chi connectivity index (χ1) is 6.36. The van der Waals surface area contributed by atoms with Crippen LogP contribution in [-0.2, 0) is 0 Å². The zero-order chi connectivity index (χ0) is 9.10. The molecule has 1 heterocycles. The Morgan fingerprint density at radius 3 is 2.08 bits per heavy atom. The Morgan fingerprint density at radius 2 is 1.46 bits per heavy atom. The Morgan fingerprint density at radius 1 is 0.846 bits per heavy atom. The highest BCUT2D eigenvalue weighted by atomic mass is 14.8. The van der Waals surface area contributed by atoms with Gasteiger partial charge >= 0.3 is 0 Å². The Labute approximate surface area is 76.3 Å². The third-order valence-electron chi connectivity index (χ3n) is 1.80. The van der Waals surface area contributed by atoms with E-state index in [1.165, 1.54) is 6.33 Å². The normalized spacial score (nSPS) is 9.85. The fraction of sp³-hybridized carbons (Fsp3) is 0. The molecule has 0 saturated heterocycles. The quantitative estimate of drug-likeness (QED) is 0.665. The van der Waals surface area contributed by atoms with Crippen molar-refractivity contribution in [1.29, 1.82) is 0 Å². The highest BCUT2D eigenvalue weighted by Gasteiger charge is 1.95. The van der Waals surface area contributed by atoms with Crippen molar-refractivity contribution >= 4 is 5.69 Å². The standard InChI is InChI=1S/C10H9N3/c11-10-3-1-8(2-4-10)9-5-12-7-13-6-9/h1-7H,11H2. The molecule has 0 unspecified atom stereocenters. The average molecular weight is 171 g/mol. The van der Waals surface area contributed by atoms with Gasteiger partial charge in [0.25, 0.3) is 0 Å². The first-order valence-corrected chi connectivity index (χ1v) is 3.97. The molecule has 1 aromatic heterocycles. The van der Waals surface area contributed by atoms with E-state index in [1.54, 1.807) is 12.4 Å². The van der Waals surface area contributed by atoms with Gasteiger partial charge in [0.1, 0.15) is 6.33 Å². The lowest BCUT2D eigenvalue weighted by molar-refractivity contribution is 1.17. The molecule has 0 amide bonds. The van der Waals surface area contributed by atoms with Gasteiger partial charge in [-0.15, -0.1) is 0 Å². The lowest BCUT2D eigenvalue weighted by Crippen LogP contribution is -1.85. The summed E-state index contributed by atoms with van der Waals surface area (Å²) in [6, 6.07) is 7.63. The first-order valence-electron chi connectivity index (χ1n) is 3.97. The second-order valence-corrected chi connectivity index (χ2v) is 2.75. The summed E-state index contributed by atoms with van der Waals surface area (Å²) >= 11 is 0. The van der Waals surface area contributed by atoms with Gasteiger partial charge in [-0.25, -0.2) is 9.97 Å². The molecule has 0 atom stereocenters. The smallest absolute Gasteiger partial charge is 0.115 e. The molecule has 3 heteroatoms. The summed E-state index contributed by atoms with van der Waals surface area (Å²) in [7, 11) is 0. The van der Waals surface area contributed by atoms with E-state index in [1.807, 2.05) is 24.3 Å². The minimum absolute atomic E-state index is 0.764.